The molecule has 0 fully saturated rings. The van der Waals surface area contributed by atoms with Crippen LogP contribution in [0.25, 0.3) is 0 Å². The first kappa shape index (κ1) is 16.0. The molecule has 0 saturated heterocycles. The van der Waals surface area contributed by atoms with Gasteiger partial charge in [-0.25, -0.2) is 0 Å². The molecule has 8 heteroatoms. The summed E-state index contributed by atoms with van der Waals surface area (Å²) < 4.78 is 4.80. The van der Waals surface area contributed by atoms with E-state index in [2.05, 4.69) is 43.7 Å². The number of aromatic nitrogens is 4. The van der Waals surface area contributed by atoms with Gasteiger partial charge < -0.3 is 10.6 Å². The first-order valence-corrected chi connectivity index (χ1v) is 8.08. The number of rotatable bonds is 7. The summed E-state index contributed by atoms with van der Waals surface area (Å²) in [5.41, 5.74) is 1.13. The number of hydrogen-bond donors (Lipinski definition) is 2. The van der Waals surface area contributed by atoms with E-state index in [4.69, 9.17) is 12.2 Å². The molecule has 0 atom stereocenters. The van der Waals surface area contributed by atoms with Gasteiger partial charge in [-0.15, -0.1) is 0 Å². The van der Waals surface area contributed by atoms with Gasteiger partial charge in [-0.05, 0) is 41.5 Å². The van der Waals surface area contributed by atoms with Crippen LogP contribution in [0.2, 0.25) is 0 Å². The van der Waals surface area contributed by atoms with Gasteiger partial charge in [-0.3, -0.25) is 9.36 Å². The maximum Gasteiger partial charge on any atom is 0.166 e. The molecule has 0 aromatic carbocycles. The molecule has 2 aromatic rings. The first-order valence-electron chi connectivity index (χ1n) is 6.88. The van der Waals surface area contributed by atoms with E-state index in [0.29, 0.717) is 11.7 Å². The van der Waals surface area contributed by atoms with E-state index < -0.39 is 0 Å². The molecule has 2 heterocycles. The van der Waals surface area contributed by atoms with Crippen molar-refractivity contribution >= 4 is 33.3 Å². The van der Waals surface area contributed by atoms with Crippen LogP contribution in [0, 0.1) is 0 Å². The molecular formula is C13H19BrN6S. The Morgan fingerprint density at radius 3 is 2.71 bits per heavy atom. The van der Waals surface area contributed by atoms with E-state index in [1.165, 1.54) is 0 Å². The number of nitrogens with one attached hydrogen (secondary N) is 2. The van der Waals surface area contributed by atoms with Crippen LogP contribution in [0.1, 0.15) is 18.9 Å². The Labute approximate surface area is 138 Å². The highest BCUT2D eigenvalue weighted by molar-refractivity contribution is 9.10. The number of aryl methyl sites for hydroxylation is 2. The Morgan fingerprint density at radius 2 is 2.05 bits per heavy atom. The van der Waals surface area contributed by atoms with Crippen molar-refractivity contribution in [2.24, 2.45) is 0 Å². The highest BCUT2D eigenvalue weighted by Gasteiger charge is 2.00. The van der Waals surface area contributed by atoms with E-state index in [1.54, 1.807) is 6.20 Å². The van der Waals surface area contributed by atoms with Gasteiger partial charge >= 0.3 is 0 Å². The highest BCUT2D eigenvalue weighted by Crippen LogP contribution is 2.06. The van der Waals surface area contributed by atoms with E-state index >= 15 is 0 Å². The summed E-state index contributed by atoms with van der Waals surface area (Å²) in [7, 11) is 0. The quantitative estimate of drug-likeness (QED) is 0.575. The molecule has 0 radical (unpaired) electrons. The van der Waals surface area contributed by atoms with Gasteiger partial charge in [0.05, 0.1) is 16.9 Å². The lowest BCUT2D eigenvalue weighted by molar-refractivity contribution is 0.571. The summed E-state index contributed by atoms with van der Waals surface area (Å²) in [6, 6.07) is 0. The summed E-state index contributed by atoms with van der Waals surface area (Å²) in [5.74, 6) is 0. The second kappa shape index (κ2) is 8.14. The zero-order chi connectivity index (χ0) is 15.1. The van der Waals surface area contributed by atoms with Gasteiger partial charge in [-0.1, -0.05) is 0 Å². The third kappa shape index (κ3) is 5.47. The molecule has 0 saturated carbocycles. The van der Waals surface area contributed by atoms with Gasteiger partial charge in [0.1, 0.15) is 0 Å². The van der Waals surface area contributed by atoms with Crippen molar-refractivity contribution in [3.8, 4) is 0 Å². The lowest BCUT2D eigenvalue weighted by atomic mass is 10.3. The highest BCUT2D eigenvalue weighted by atomic mass is 79.9. The van der Waals surface area contributed by atoms with Crippen molar-refractivity contribution in [3.05, 3.63) is 34.8 Å². The van der Waals surface area contributed by atoms with E-state index in [-0.39, 0.29) is 0 Å². The SMILES string of the molecule is CCn1cc(CNC(=S)NCCCn2cc(Br)cn2)cn1. The fraction of sp³-hybridized carbons (Fsp3) is 0.462. The lowest BCUT2D eigenvalue weighted by Crippen LogP contribution is -2.35. The fourth-order valence-corrected chi connectivity index (χ4v) is 2.32. The predicted molar refractivity (Wildman–Crippen MR) is 89.9 cm³/mol. The van der Waals surface area contributed by atoms with Gasteiger partial charge in [0.15, 0.2) is 5.11 Å². The van der Waals surface area contributed by atoms with Crippen LogP contribution in [0.3, 0.4) is 0 Å². The zero-order valence-electron chi connectivity index (χ0n) is 11.9. The largest absolute Gasteiger partial charge is 0.363 e. The maximum absolute atomic E-state index is 5.24. The summed E-state index contributed by atoms with van der Waals surface area (Å²) >= 11 is 8.62. The van der Waals surface area contributed by atoms with Crippen molar-refractivity contribution in [2.75, 3.05) is 6.54 Å². The Morgan fingerprint density at radius 1 is 1.24 bits per heavy atom. The standard InChI is InChI=1S/C13H19BrN6S/c1-2-19-9-11(7-17-19)6-16-13(21)15-4-3-5-20-10-12(14)8-18-20/h7-10H,2-6H2,1H3,(H2,15,16,21). The van der Waals surface area contributed by atoms with Gasteiger partial charge in [0.2, 0.25) is 0 Å². The van der Waals surface area contributed by atoms with Crippen molar-refractivity contribution in [3.63, 3.8) is 0 Å². The minimum Gasteiger partial charge on any atom is -0.363 e. The summed E-state index contributed by atoms with van der Waals surface area (Å²) in [5, 5.41) is 15.5. The van der Waals surface area contributed by atoms with Gasteiger partial charge in [0, 0.05) is 44.1 Å². The summed E-state index contributed by atoms with van der Waals surface area (Å²) in [4.78, 5) is 0. The molecule has 0 aliphatic heterocycles. The molecule has 0 aliphatic carbocycles. The van der Waals surface area contributed by atoms with Crippen LogP contribution < -0.4 is 10.6 Å². The molecule has 0 spiro atoms. The van der Waals surface area contributed by atoms with Crippen LogP contribution in [0.4, 0.5) is 0 Å². The summed E-state index contributed by atoms with van der Waals surface area (Å²) in [6.45, 7) is 5.32. The van der Waals surface area contributed by atoms with E-state index in [9.17, 15) is 0 Å². The molecule has 114 valence electrons. The van der Waals surface area contributed by atoms with Crippen molar-refractivity contribution in [2.45, 2.75) is 33.0 Å². The molecule has 0 amide bonds. The van der Waals surface area contributed by atoms with Gasteiger partial charge in [0.25, 0.3) is 0 Å². The third-order valence-electron chi connectivity index (χ3n) is 2.92. The minimum atomic E-state index is 0.667. The lowest BCUT2D eigenvalue weighted by Gasteiger charge is -2.09. The monoisotopic (exact) mass is 370 g/mol. The number of halogens is 1. The Hall–Kier alpha value is -1.41. The average Bonchev–Trinajstić information content (AvgIpc) is 3.10. The van der Waals surface area contributed by atoms with E-state index in [1.807, 2.05) is 28.0 Å². The molecule has 2 N–H and O–H groups in total. The average molecular weight is 371 g/mol. The molecule has 2 aromatic heterocycles. The molecule has 2 rings (SSSR count). The van der Waals surface area contributed by atoms with E-state index in [0.717, 1.165) is 36.1 Å². The maximum atomic E-state index is 5.24. The summed E-state index contributed by atoms with van der Waals surface area (Å²) in [6.07, 6.45) is 8.58. The van der Waals surface area contributed by atoms with Crippen molar-refractivity contribution < 1.29 is 0 Å². The van der Waals surface area contributed by atoms with Crippen LogP contribution in [-0.4, -0.2) is 31.2 Å². The molecule has 0 unspecified atom stereocenters. The first-order chi connectivity index (χ1) is 10.2. The van der Waals surface area contributed by atoms with Crippen molar-refractivity contribution in [1.82, 2.24) is 30.2 Å². The van der Waals surface area contributed by atoms with Gasteiger partial charge in [-0.2, -0.15) is 10.2 Å². The topological polar surface area (TPSA) is 59.7 Å². The minimum absolute atomic E-state index is 0.667. The fourth-order valence-electron chi connectivity index (χ4n) is 1.82. The second-order valence-electron chi connectivity index (χ2n) is 4.59. The van der Waals surface area contributed by atoms with Crippen LogP contribution in [0.15, 0.2) is 29.3 Å². The molecule has 6 nitrogen and oxygen atoms in total. The Balaban J connectivity index is 1.59. The normalized spacial score (nSPS) is 10.6. The third-order valence-corrected chi connectivity index (χ3v) is 3.61. The molecule has 21 heavy (non-hydrogen) atoms. The smallest absolute Gasteiger partial charge is 0.166 e. The zero-order valence-corrected chi connectivity index (χ0v) is 14.3. The molecule has 0 aliphatic rings. The Bertz CT molecular complexity index is 579. The van der Waals surface area contributed by atoms with Crippen LogP contribution in [-0.2, 0) is 19.6 Å². The molecular weight excluding hydrogens is 352 g/mol. The Kier molecular flexibility index (Phi) is 6.19. The number of hydrogen-bond acceptors (Lipinski definition) is 3. The predicted octanol–water partition coefficient (Wildman–Crippen LogP) is 1.92. The van der Waals surface area contributed by atoms with Crippen molar-refractivity contribution in [1.29, 1.82) is 0 Å². The number of thiocarbonyl (C=S) groups is 1. The molecule has 0 bridgehead atoms. The second-order valence-corrected chi connectivity index (χ2v) is 5.91. The van der Waals surface area contributed by atoms with Crippen LogP contribution >= 0.6 is 28.1 Å². The number of nitrogens with zero attached hydrogens (tertiary/aromatic N) is 4. The van der Waals surface area contributed by atoms with Crippen LogP contribution in [0.5, 0.6) is 0 Å².